The predicted molar refractivity (Wildman–Crippen MR) is 89.6 cm³/mol. The quantitative estimate of drug-likeness (QED) is 0.559. The van der Waals surface area contributed by atoms with Crippen LogP contribution in [0.4, 0.5) is 0 Å². The topological polar surface area (TPSA) is 68.3 Å². The zero-order valence-electron chi connectivity index (χ0n) is 12.2. The first kappa shape index (κ1) is 15.5. The van der Waals surface area contributed by atoms with E-state index in [1.54, 1.807) is 31.3 Å². The van der Waals surface area contributed by atoms with Gasteiger partial charge in [0.2, 0.25) is 4.77 Å². The molecule has 118 valence electrons. The third-order valence-corrected chi connectivity index (χ3v) is 3.47. The summed E-state index contributed by atoms with van der Waals surface area (Å²) in [5, 5.41) is 11.5. The van der Waals surface area contributed by atoms with Gasteiger partial charge in [0.1, 0.15) is 29.7 Å². The first-order valence-corrected chi connectivity index (χ1v) is 7.56. The minimum absolute atomic E-state index is 0.304. The molecule has 0 amide bonds. The lowest BCUT2D eigenvalue weighted by Gasteiger charge is -2.03. The number of H-pyrrole nitrogens is 1. The van der Waals surface area contributed by atoms with Crippen molar-refractivity contribution >= 4 is 30.0 Å². The maximum atomic E-state index is 5.91. The Bertz CT molecular complexity index is 897. The lowest BCUT2D eigenvalue weighted by molar-refractivity contribution is 0.270. The molecule has 0 aliphatic rings. The summed E-state index contributed by atoms with van der Waals surface area (Å²) in [5.74, 6) is 2.63. The molecule has 3 aromatic rings. The Morgan fingerprint density at radius 3 is 3.04 bits per heavy atom. The maximum absolute atomic E-state index is 5.91. The molecular weight excluding hydrogens is 336 g/mol. The average Bonchev–Trinajstić information content (AvgIpc) is 3.11. The van der Waals surface area contributed by atoms with E-state index in [0.717, 1.165) is 0 Å². The van der Waals surface area contributed by atoms with Gasteiger partial charge in [0.05, 0.1) is 6.21 Å². The van der Waals surface area contributed by atoms with E-state index in [-0.39, 0.29) is 0 Å². The minimum Gasteiger partial charge on any atom is -0.486 e. The fourth-order valence-electron chi connectivity index (χ4n) is 1.87. The third-order valence-electron chi connectivity index (χ3n) is 2.97. The first-order valence-electron chi connectivity index (χ1n) is 6.77. The summed E-state index contributed by atoms with van der Waals surface area (Å²) in [6, 6.07) is 10.8. The van der Waals surface area contributed by atoms with Gasteiger partial charge in [-0.05, 0) is 49.5 Å². The Morgan fingerprint density at radius 2 is 2.30 bits per heavy atom. The van der Waals surface area contributed by atoms with Crippen molar-refractivity contribution in [3.05, 3.63) is 63.5 Å². The van der Waals surface area contributed by atoms with Crippen LogP contribution in [0, 0.1) is 11.7 Å². The van der Waals surface area contributed by atoms with Crippen LogP contribution in [0.25, 0.3) is 0 Å². The number of aromatic nitrogens is 3. The van der Waals surface area contributed by atoms with E-state index >= 15 is 0 Å². The van der Waals surface area contributed by atoms with Gasteiger partial charge >= 0.3 is 0 Å². The molecule has 0 atom stereocenters. The van der Waals surface area contributed by atoms with Gasteiger partial charge in [0.25, 0.3) is 0 Å². The number of ether oxygens (including phenoxy) is 1. The average molecular weight is 349 g/mol. The van der Waals surface area contributed by atoms with E-state index < -0.39 is 0 Å². The Balaban J connectivity index is 1.65. The molecule has 0 radical (unpaired) electrons. The van der Waals surface area contributed by atoms with Crippen molar-refractivity contribution in [2.75, 3.05) is 0 Å². The number of nitrogens with one attached hydrogen (secondary N) is 1. The van der Waals surface area contributed by atoms with Crippen LogP contribution in [-0.2, 0) is 6.61 Å². The molecule has 8 heteroatoms. The third kappa shape index (κ3) is 3.88. The normalized spacial score (nSPS) is 11.2. The second-order valence-electron chi connectivity index (χ2n) is 4.68. The number of furan rings is 1. The Morgan fingerprint density at radius 1 is 1.43 bits per heavy atom. The SMILES string of the molecule is Cc1n[nH]c(=S)n1N=Cc1ccc(COc2cccc(Cl)c2)o1. The number of halogens is 1. The molecule has 0 aliphatic heterocycles. The van der Waals surface area contributed by atoms with Crippen LogP contribution in [0.5, 0.6) is 5.75 Å². The molecule has 2 heterocycles. The van der Waals surface area contributed by atoms with Gasteiger partial charge in [-0.15, -0.1) is 0 Å². The fourth-order valence-corrected chi connectivity index (χ4v) is 2.28. The molecule has 23 heavy (non-hydrogen) atoms. The van der Waals surface area contributed by atoms with Crippen molar-refractivity contribution in [1.29, 1.82) is 0 Å². The Hall–Kier alpha value is -2.38. The first-order chi connectivity index (χ1) is 11.1. The van der Waals surface area contributed by atoms with Gasteiger partial charge in [0.15, 0.2) is 0 Å². The largest absolute Gasteiger partial charge is 0.486 e. The van der Waals surface area contributed by atoms with Crippen LogP contribution < -0.4 is 4.74 Å². The van der Waals surface area contributed by atoms with Crippen LogP contribution in [0.1, 0.15) is 17.3 Å². The summed E-state index contributed by atoms with van der Waals surface area (Å²) in [5.41, 5.74) is 0. The van der Waals surface area contributed by atoms with E-state index in [2.05, 4.69) is 15.3 Å². The molecule has 6 nitrogen and oxygen atoms in total. The highest BCUT2D eigenvalue weighted by Crippen LogP contribution is 2.18. The van der Waals surface area contributed by atoms with Crippen LogP contribution in [0.15, 0.2) is 45.9 Å². The number of aryl methyl sites for hydroxylation is 1. The standard InChI is InChI=1S/C15H13ClN4O2S/c1-10-18-19-15(23)20(10)17-8-13-5-6-14(22-13)9-21-12-4-2-3-11(16)7-12/h2-8H,9H2,1H3,(H,19,23). The van der Waals surface area contributed by atoms with Crippen molar-refractivity contribution in [3.63, 3.8) is 0 Å². The highest BCUT2D eigenvalue weighted by atomic mass is 35.5. The van der Waals surface area contributed by atoms with E-state index in [0.29, 0.717) is 39.5 Å². The van der Waals surface area contributed by atoms with Gasteiger partial charge in [-0.2, -0.15) is 14.9 Å². The van der Waals surface area contributed by atoms with Crippen molar-refractivity contribution in [2.24, 2.45) is 5.10 Å². The zero-order chi connectivity index (χ0) is 16.2. The number of rotatable bonds is 5. The lowest BCUT2D eigenvalue weighted by atomic mass is 10.3. The summed E-state index contributed by atoms with van der Waals surface area (Å²) in [6.07, 6.45) is 1.57. The van der Waals surface area contributed by atoms with Gasteiger partial charge < -0.3 is 9.15 Å². The minimum atomic E-state index is 0.304. The predicted octanol–water partition coefficient (Wildman–Crippen LogP) is 3.96. The molecule has 2 aromatic heterocycles. The molecule has 0 spiro atoms. The van der Waals surface area contributed by atoms with Crippen LogP contribution >= 0.6 is 23.8 Å². The van der Waals surface area contributed by atoms with E-state index in [4.69, 9.17) is 33.0 Å². The Kier molecular flexibility index (Phi) is 4.59. The van der Waals surface area contributed by atoms with Crippen molar-refractivity contribution < 1.29 is 9.15 Å². The number of aromatic amines is 1. The molecule has 0 fully saturated rings. The second kappa shape index (κ2) is 6.80. The van der Waals surface area contributed by atoms with Crippen molar-refractivity contribution in [2.45, 2.75) is 13.5 Å². The smallest absolute Gasteiger partial charge is 0.216 e. The maximum Gasteiger partial charge on any atom is 0.216 e. The highest BCUT2D eigenvalue weighted by Gasteiger charge is 2.03. The molecule has 0 saturated heterocycles. The molecule has 3 rings (SSSR count). The van der Waals surface area contributed by atoms with Gasteiger partial charge in [-0.25, -0.2) is 0 Å². The summed E-state index contributed by atoms with van der Waals surface area (Å²) >= 11 is 11.0. The number of hydrogen-bond acceptors (Lipinski definition) is 5. The van der Waals surface area contributed by atoms with Crippen LogP contribution in [-0.4, -0.2) is 21.1 Å². The van der Waals surface area contributed by atoms with Crippen LogP contribution in [0.3, 0.4) is 0 Å². The molecular formula is C15H13ClN4O2S. The molecule has 0 aliphatic carbocycles. The molecule has 1 aromatic carbocycles. The molecule has 0 bridgehead atoms. The molecule has 1 N–H and O–H groups in total. The second-order valence-corrected chi connectivity index (χ2v) is 5.51. The highest BCUT2D eigenvalue weighted by molar-refractivity contribution is 7.71. The molecule has 0 saturated carbocycles. The summed E-state index contributed by atoms with van der Waals surface area (Å²) < 4.78 is 13.2. The lowest BCUT2D eigenvalue weighted by Crippen LogP contribution is -1.94. The van der Waals surface area contributed by atoms with Crippen molar-refractivity contribution in [3.8, 4) is 5.75 Å². The van der Waals surface area contributed by atoms with Crippen molar-refractivity contribution in [1.82, 2.24) is 14.9 Å². The molecule has 0 unspecified atom stereocenters. The van der Waals surface area contributed by atoms with Gasteiger partial charge in [-0.3, -0.25) is 5.10 Å². The summed E-state index contributed by atoms with van der Waals surface area (Å²) in [6.45, 7) is 2.11. The monoisotopic (exact) mass is 348 g/mol. The van der Waals surface area contributed by atoms with E-state index in [9.17, 15) is 0 Å². The van der Waals surface area contributed by atoms with Gasteiger partial charge in [0, 0.05) is 5.02 Å². The van der Waals surface area contributed by atoms with Gasteiger partial charge in [-0.1, -0.05) is 17.7 Å². The number of benzene rings is 1. The summed E-state index contributed by atoms with van der Waals surface area (Å²) in [7, 11) is 0. The number of hydrogen-bond donors (Lipinski definition) is 1. The fraction of sp³-hybridized carbons (Fsp3) is 0.133. The Labute approximate surface area is 142 Å². The summed E-state index contributed by atoms with van der Waals surface area (Å²) in [4.78, 5) is 0. The van der Waals surface area contributed by atoms with Crippen LogP contribution in [0.2, 0.25) is 5.02 Å². The van der Waals surface area contributed by atoms with E-state index in [1.165, 1.54) is 4.68 Å². The number of nitrogens with zero attached hydrogens (tertiary/aromatic N) is 3. The zero-order valence-corrected chi connectivity index (χ0v) is 13.8. The van der Waals surface area contributed by atoms with E-state index in [1.807, 2.05) is 18.2 Å².